The monoisotopic (exact) mass is 224 g/mol. The Morgan fingerprint density at radius 1 is 0.714 bits per heavy atom. The van der Waals surface area contributed by atoms with Crippen molar-refractivity contribution in [3.05, 3.63) is 0 Å². The fourth-order valence-corrected chi connectivity index (χ4v) is 0. The first-order valence-electron chi connectivity index (χ1n) is 0.816. The number of hydrogen-bond donors (Lipinski definition) is 0. The zero-order valence-corrected chi connectivity index (χ0v) is 9.07. The predicted octanol–water partition coefficient (Wildman–Crippen LogP) is 2.38. The maximum absolute atomic E-state index is 2.54. The van der Waals surface area contributed by atoms with Gasteiger partial charge in [0, 0.05) is 0 Å². The van der Waals surface area contributed by atoms with Gasteiger partial charge in [-0.15, -0.1) is 68.1 Å². The van der Waals surface area contributed by atoms with Gasteiger partial charge in [0.1, 0.15) is 0 Å². The second-order valence-corrected chi connectivity index (χ2v) is 2.12. The highest BCUT2D eigenvalue weighted by Crippen LogP contribution is 1.84. The van der Waals surface area contributed by atoms with Crippen molar-refractivity contribution in [3.8, 4) is 0 Å². The maximum atomic E-state index is 2.54. The average Bonchev–Trinajstić information content (AvgIpc) is 0.918. The summed E-state index contributed by atoms with van der Waals surface area (Å²) in [6, 6.07) is 0. The highest BCUT2D eigenvalue weighted by atomic mass is 35.5. The molecule has 0 spiro atoms. The summed E-state index contributed by atoms with van der Waals surface area (Å²) in [5, 5.41) is 0. The third kappa shape index (κ3) is 71.2. The van der Waals surface area contributed by atoms with E-state index in [-0.39, 0.29) is 49.6 Å². The topological polar surface area (TPSA) is 0 Å². The molecule has 0 N–H and O–H groups in total. The minimum absolute atomic E-state index is 0. The molecule has 0 nitrogen and oxygen atoms in total. The van der Waals surface area contributed by atoms with Crippen molar-refractivity contribution in [1.82, 2.24) is 0 Å². The number of rotatable bonds is 0. The molecule has 0 rings (SSSR count). The van der Waals surface area contributed by atoms with Crippen LogP contribution in [-0.2, 0) is 0 Å². The summed E-state index contributed by atoms with van der Waals surface area (Å²) in [4.78, 5) is 0. The quantitative estimate of drug-likeness (QED) is 0.556. The molecular formula is CH10Cl4P2. The van der Waals surface area contributed by atoms with Crippen molar-refractivity contribution in [1.29, 1.82) is 0 Å². The van der Waals surface area contributed by atoms with Crippen molar-refractivity contribution < 1.29 is 0 Å². The largest absolute Gasteiger partial charge is 0.147 e. The van der Waals surface area contributed by atoms with E-state index in [1.165, 1.54) is 0 Å². The molecule has 0 aliphatic carbocycles. The smallest absolute Gasteiger partial charge is 0.0231 e. The van der Waals surface area contributed by atoms with Crippen molar-refractivity contribution in [3.63, 3.8) is 0 Å². The third-order valence-corrected chi connectivity index (χ3v) is 0. The van der Waals surface area contributed by atoms with Crippen LogP contribution in [0.4, 0.5) is 0 Å². The van der Waals surface area contributed by atoms with E-state index in [1.807, 2.05) is 0 Å². The average molecular weight is 226 g/mol. The van der Waals surface area contributed by atoms with Gasteiger partial charge in [0.05, 0.1) is 0 Å². The zero-order valence-electron chi connectivity index (χ0n) is 3.49. The van der Waals surface area contributed by atoms with E-state index in [0.717, 1.165) is 5.90 Å². The van der Waals surface area contributed by atoms with E-state index in [9.17, 15) is 0 Å². The van der Waals surface area contributed by atoms with Crippen LogP contribution in [0.15, 0.2) is 0 Å². The second kappa shape index (κ2) is 43.3. The third-order valence-electron chi connectivity index (χ3n) is 0. The molecule has 0 fully saturated rings. The standard InChI is InChI=1S/CH6P2.4ClH/c2-1-3;;;;/h1-3H2;4*1H. The van der Waals surface area contributed by atoms with Gasteiger partial charge in [-0.25, -0.2) is 0 Å². The number of hydrogen-bond acceptors (Lipinski definition) is 0. The molecule has 52 valence electrons. The predicted molar refractivity (Wildman–Crippen MR) is 53.3 cm³/mol. The number of halogens is 4. The first-order valence-corrected chi connectivity index (χ1v) is 2.45. The molecule has 0 aromatic heterocycles. The summed E-state index contributed by atoms with van der Waals surface area (Å²) in [6.07, 6.45) is 0. The van der Waals surface area contributed by atoms with Crippen LogP contribution in [0.25, 0.3) is 0 Å². The molecule has 7 heavy (non-hydrogen) atoms. The fraction of sp³-hybridized carbons (Fsp3) is 1.00. The van der Waals surface area contributed by atoms with Crippen LogP contribution in [0.1, 0.15) is 0 Å². The van der Waals surface area contributed by atoms with Crippen molar-refractivity contribution in [2.75, 3.05) is 5.90 Å². The Balaban J connectivity index is -0.00000000333. The second-order valence-electron chi connectivity index (χ2n) is 0.236. The van der Waals surface area contributed by atoms with Gasteiger partial charge in [0.2, 0.25) is 0 Å². The van der Waals surface area contributed by atoms with Crippen LogP contribution in [0.5, 0.6) is 0 Å². The summed E-state index contributed by atoms with van der Waals surface area (Å²) in [7, 11) is 5.08. The van der Waals surface area contributed by atoms with Gasteiger partial charge in [-0.1, -0.05) is 0 Å². The van der Waals surface area contributed by atoms with Crippen LogP contribution in [0.3, 0.4) is 0 Å². The Labute approximate surface area is 74.0 Å². The summed E-state index contributed by atoms with van der Waals surface area (Å²) < 4.78 is 0. The molecule has 2 atom stereocenters. The molecule has 0 amide bonds. The Bertz CT molecular complexity index is 9.65. The van der Waals surface area contributed by atoms with E-state index in [0.29, 0.717) is 0 Å². The molecule has 0 saturated heterocycles. The fourth-order valence-electron chi connectivity index (χ4n) is 0. The van der Waals surface area contributed by atoms with Gasteiger partial charge < -0.3 is 0 Å². The van der Waals surface area contributed by atoms with Gasteiger partial charge in [-0.2, -0.15) is 0 Å². The van der Waals surface area contributed by atoms with E-state index in [2.05, 4.69) is 18.5 Å². The summed E-state index contributed by atoms with van der Waals surface area (Å²) in [5.74, 6) is 1.08. The Morgan fingerprint density at radius 2 is 0.714 bits per heavy atom. The molecule has 0 heterocycles. The van der Waals surface area contributed by atoms with Crippen LogP contribution in [0.2, 0.25) is 0 Å². The highest BCUT2D eigenvalue weighted by Gasteiger charge is 1.34. The Morgan fingerprint density at radius 3 is 0.714 bits per heavy atom. The van der Waals surface area contributed by atoms with E-state index in [1.54, 1.807) is 0 Å². The summed E-state index contributed by atoms with van der Waals surface area (Å²) >= 11 is 0. The molecule has 0 radical (unpaired) electrons. The Hall–Kier alpha value is 2.02. The summed E-state index contributed by atoms with van der Waals surface area (Å²) in [5.41, 5.74) is 0. The lowest BCUT2D eigenvalue weighted by Gasteiger charge is -1.49. The molecule has 0 aliphatic rings. The SMILES string of the molecule is Cl.Cl.Cl.Cl.PCP. The molecule has 6 heteroatoms. The molecule has 0 aromatic carbocycles. The molecular weight excluding hydrogens is 216 g/mol. The molecule has 0 saturated carbocycles. The van der Waals surface area contributed by atoms with Gasteiger partial charge in [0.15, 0.2) is 0 Å². The first kappa shape index (κ1) is 35.9. The molecule has 2 unspecified atom stereocenters. The Kier molecular flexibility index (Phi) is 222. The van der Waals surface area contributed by atoms with E-state index < -0.39 is 0 Å². The lowest BCUT2D eigenvalue weighted by atomic mass is 11.9. The molecule has 0 aromatic rings. The normalized spacial score (nSPS) is 2.57. The minimum atomic E-state index is 0. The first-order chi connectivity index (χ1) is 1.41. The van der Waals surface area contributed by atoms with Crippen LogP contribution in [0, 0.1) is 0 Å². The maximum Gasteiger partial charge on any atom is -0.0231 e. The van der Waals surface area contributed by atoms with Crippen LogP contribution < -0.4 is 0 Å². The van der Waals surface area contributed by atoms with E-state index in [4.69, 9.17) is 0 Å². The zero-order chi connectivity index (χ0) is 2.71. The van der Waals surface area contributed by atoms with Crippen LogP contribution in [-0.4, -0.2) is 5.90 Å². The van der Waals surface area contributed by atoms with Crippen molar-refractivity contribution in [2.24, 2.45) is 0 Å². The lowest BCUT2D eigenvalue weighted by Crippen LogP contribution is -1.18. The van der Waals surface area contributed by atoms with Gasteiger partial charge in [-0.3, -0.25) is 0 Å². The lowest BCUT2D eigenvalue weighted by molar-refractivity contribution is 2.32. The minimum Gasteiger partial charge on any atom is -0.147 e. The summed E-state index contributed by atoms with van der Waals surface area (Å²) in [6.45, 7) is 0. The van der Waals surface area contributed by atoms with Gasteiger partial charge >= 0.3 is 0 Å². The molecule has 0 aliphatic heterocycles. The van der Waals surface area contributed by atoms with E-state index >= 15 is 0 Å². The van der Waals surface area contributed by atoms with Crippen molar-refractivity contribution in [2.45, 2.75) is 0 Å². The van der Waals surface area contributed by atoms with Gasteiger partial charge in [0.25, 0.3) is 0 Å². The van der Waals surface area contributed by atoms with Crippen LogP contribution >= 0.6 is 68.1 Å². The van der Waals surface area contributed by atoms with Gasteiger partial charge in [-0.05, 0) is 5.90 Å². The van der Waals surface area contributed by atoms with Crippen molar-refractivity contribution >= 4 is 68.1 Å². The highest BCUT2D eigenvalue weighted by molar-refractivity contribution is 7.36. The molecule has 0 bridgehead atoms.